The molecule has 1 N–H and O–H groups in total. The molecule has 0 aromatic heterocycles. The van der Waals surface area contributed by atoms with Gasteiger partial charge < -0.3 is 5.32 Å². The van der Waals surface area contributed by atoms with Crippen LogP contribution in [0.4, 0.5) is 4.39 Å². The normalized spacial score (nSPS) is 34.5. The molecule has 1 heterocycles. The van der Waals surface area contributed by atoms with Crippen LogP contribution >= 0.6 is 0 Å². The Labute approximate surface area is 36.5 Å². The smallest absolute Gasteiger partial charge is 0.117 e. The summed E-state index contributed by atoms with van der Waals surface area (Å²) in [5, 5.41) is 2.84. The van der Waals surface area contributed by atoms with Gasteiger partial charge in [0.1, 0.15) is 6.17 Å². The van der Waals surface area contributed by atoms with Crippen molar-refractivity contribution in [2.45, 2.75) is 6.17 Å². The zero-order valence-corrected chi connectivity index (χ0v) is 3.45. The van der Waals surface area contributed by atoms with Crippen LogP contribution in [0.15, 0.2) is 0 Å². The summed E-state index contributed by atoms with van der Waals surface area (Å²) in [4.78, 5) is 0. The molecule has 6 heavy (non-hydrogen) atoms. The molecule has 1 atom stereocenters. The molecule has 1 aliphatic rings. The predicted molar refractivity (Wildman–Crippen MR) is 22.1 cm³/mol. The van der Waals surface area contributed by atoms with Crippen molar-refractivity contribution >= 4 is 0 Å². The molecule has 0 saturated carbocycles. The molecule has 0 aliphatic carbocycles. The molecule has 1 aliphatic heterocycles. The Morgan fingerprint density at radius 3 is 2.83 bits per heavy atom. The van der Waals surface area contributed by atoms with E-state index in [-0.39, 0.29) is 0 Å². The number of hydrogen-bond acceptors (Lipinski definition) is 1. The van der Waals surface area contributed by atoms with Gasteiger partial charge in [0.25, 0.3) is 0 Å². The lowest BCUT2D eigenvalue weighted by Gasteiger charge is -1.85. The molecule has 0 bridgehead atoms. The van der Waals surface area contributed by atoms with Crippen LogP contribution in [0.2, 0.25) is 0 Å². The number of alkyl halides is 1. The maximum Gasteiger partial charge on any atom is 0.117 e. The van der Waals surface area contributed by atoms with Crippen LogP contribution in [0.1, 0.15) is 0 Å². The summed E-state index contributed by atoms with van der Waals surface area (Å²) in [6, 6.07) is 0. The minimum Gasteiger partial charge on any atom is -0.313 e. The van der Waals surface area contributed by atoms with Gasteiger partial charge in [-0.3, -0.25) is 0 Å². The van der Waals surface area contributed by atoms with E-state index in [0.717, 1.165) is 6.54 Å². The van der Waals surface area contributed by atoms with E-state index in [1.807, 2.05) is 0 Å². The van der Waals surface area contributed by atoms with Gasteiger partial charge in [0.15, 0.2) is 0 Å². The van der Waals surface area contributed by atoms with Crippen molar-refractivity contribution in [3.05, 3.63) is 6.42 Å². The zero-order valence-electron chi connectivity index (χ0n) is 3.45. The molecule has 1 fully saturated rings. The molecule has 1 saturated heterocycles. The minimum absolute atomic E-state index is 0.514. The van der Waals surface area contributed by atoms with E-state index in [4.69, 9.17) is 0 Å². The average molecular weight is 88.1 g/mol. The Balaban J connectivity index is 2.18. The summed E-state index contributed by atoms with van der Waals surface area (Å²) in [5.41, 5.74) is 0. The van der Waals surface area contributed by atoms with Crippen LogP contribution in [-0.4, -0.2) is 19.3 Å². The largest absolute Gasteiger partial charge is 0.313 e. The Kier molecular flexibility index (Phi) is 1.05. The fourth-order valence-electron chi connectivity index (χ4n) is 0.516. The van der Waals surface area contributed by atoms with Gasteiger partial charge in [0.2, 0.25) is 0 Å². The fraction of sp³-hybridized carbons (Fsp3) is 0.750. The van der Waals surface area contributed by atoms with Gasteiger partial charge >= 0.3 is 0 Å². The highest BCUT2D eigenvalue weighted by molar-refractivity contribution is 4.86. The van der Waals surface area contributed by atoms with Crippen molar-refractivity contribution in [3.8, 4) is 0 Å². The van der Waals surface area contributed by atoms with Gasteiger partial charge in [-0.05, 0) is 0 Å². The first-order valence-electron chi connectivity index (χ1n) is 2.08. The molecule has 2 heteroatoms. The second-order valence-corrected chi connectivity index (χ2v) is 1.41. The third-order valence-electron chi connectivity index (χ3n) is 0.857. The number of rotatable bonds is 0. The molecule has 0 aromatic carbocycles. The van der Waals surface area contributed by atoms with Crippen molar-refractivity contribution in [1.82, 2.24) is 5.32 Å². The summed E-state index contributed by atoms with van der Waals surface area (Å²) < 4.78 is 11.8. The molecule has 0 amide bonds. The molecular formula is C4H7FN. The standard InChI is InChI=1S/C4H7FN/c5-4-1-2-6-3-4/h1,4,6H,2-3H2/t4-/m0/s1. The van der Waals surface area contributed by atoms with Gasteiger partial charge in [0.05, 0.1) is 0 Å². The van der Waals surface area contributed by atoms with E-state index in [1.165, 1.54) is 0 Å². The van der Waals surface area contributed by atoms with E-state index < -0.39 is 6.17 Å². The SMILES string of the molecule is F[C@H]1[CH]CNC1. The predicted octanol–water partition coefficient (Wildman–Crippen LogP) is 0.132. The number of nitrogens with one attached hydrogen (secondary N) is 1. The third kappa shape index (κ3) is 0.684. The number of hydrogen-bond donors (Lipinski definition) is 1. The second-order valence-electron chi connectivity index (χ2n) is 1.41. The summed E-state index contributed by atoms with van der Waals surface area (Å²) >= 11 is 0. The van der Waals surface area contributed by atoms with Gasteiger partial charge in [-0.2, -0.15) is 0 Å². The Hall–Kier alpha value is -0.110. The van der Waals surface area contributed by atoms with Crippen molar-refractivity contribution in [3.63, 3.8) is 0 Å². The quantitative estimate of drug-likeness (QED) is 0.444. The monoisotopic (exact) mass is 88.1 g/mol. The molecule has 1 rings (SSSR count). The summed E-state index contributed by atoms with van der Waals surface area (Å²) in [6.07, 6.45) is 0.935. The van der Waals surface area contributed by atoms with Crippen molar-refractivity contribution < 1.29 is 4.39 Å². The van der Waals surface area contributed by atoms with Crippen molar-refractivity contribution in [2.24, 2.45) is 0 Å². The van der Waals surface area contributed by atoms with Crippen molar-refractivity contribution in [2.75, 3.05) is 13.1 Å². The van der Waals surface area contributed by atoms with E-state index in [9.17, 15) is 4.39 Å². The topological polar surface area (TPSA) is 12.0 Å². The molecular weight excluding hydrogens is 81.0 g/mol. The molecule has 1 radical (unpaired) electrons. The van der Waals surface area contributed by atoms with Gasteiger partial charge in [-0.15, -0.1) is 0 Å². The van der Waals surface area contributed by atoms with E-state index >= 15 is 0 Å². The summed E-state index contributed by atoms with van der Waals surface area (Å²) in [7, 11) is 0. The Bertz CT molecular complexity index is 40.8. The first-order valence-corrected chi connectivity index (χ1v) is 2.08. The maximum absolute atomic E-state index is 11.8. The lowest BCUT2D eigenvalue weighted by atomic mass is 10.4. The number of halogens is 1. The second kappa shape index (κ2) is 1.56. The lowest BCUT2D eigenvalue weighted by molar-refractivity contribution is 0.403. The average Bonchev–Trinajstić information content (AvgIpc) is 1.86. The minimum atomic E-state index is -0.690. The first-order chi connectivity index (χ1) is 2.89. The Morgan fingerprint density at radius 2 is 2.67 bits per heavy atom. The molecule has 0 spiro atoms. The van der Waals surface area contributed by atoms with E-state index in [1.54, 1.807) is 6.42 Å². The van der Waals surface area contributed by atoms with E-state index in [2.05, 4.69) is 5.32 Å². The summed E-state index contributed by atoms with van der Waals surface area (Å²) in [5.74, 6) is 0. The van der Waals surface area contributed by atoms with Crippen LogP contribution in [0.3, 0.4) is 0 Å². The highest BCUT2D eigenvalue weighted by atomic mass is 19.1. The van der Waals surface area contributed by atoms with Crippen LogP contribution in [0, 0.1) is 6.42 Å². The maximum atomic E-state index is 11.8. The van der Waals surface area contributed by atoms with Crippen LogP contribution in [-0.2, 0) is 0 Å². The van der Waals surface area contributed by atoms with Crippen LogP contribution in [0.25, 0.3) is 0 Å². The highest BCUT2D eigenvalue weighted by Gasteiger charge is 2.10. The molecule has 0 unspecified atom stereocenters. The zero-order chi connectivity index (χ0) is 4.41. The summed E-state index contributed by atoms with van der Waals surface area (Å²) in [6.45, 7) is 1.25. The first kappa shape index (κ1) is 4.06. The molecule has 35 valence electrons. The molecule has 1 nitrogen and oxygen atoms in total. The van der Waals surface area contributed by atoms with Crippen LogP contribution < -0.4 is 5.32 Å². The lowest BCUT2D eigenvalue weighted by Crippen LogP contribution is -2.08. The van der Waals surface area contributed by atoms with E-state index in [0.29, 0.717) is 6.54 Å². The Morgan fingerprint density at radius 1 is 1.83 bits per heavy atom. The molecule has 0 aromatic rings. The van der Waals surface area contributed by atoms with Gasteiger partial charge in [-0.25, -0.2) is 4.39 Å². The van der Waals surface area contributed by atoms with Crippen LogP contribution in [0.5, 0.6) is 0 Å². The van der Waals surface area contributed by atoms with Gasteiger partial charge in [-0.1, -0.05) is 0 Å². The van der Waals surface area contributed by atoms with Crippen molar-refractivity contribution in [1.29, 1.82) is 0 Å². The van der Waals surface area contributed by atoms with Gasteiger partial charge in [0, 0.05) is 19.5 Å². The highest BCUT2D eigenvalue weighted by Crippen LogP contribution is 1.98. The fourth-order valence-corrected chi connectivity index (χ4v) is 0.516. The third-order valence-corrected chi connectivity index (χ3v) is 0.857.